The fourth-order valence-electron chi connectivity index (χ4n) is 1.97. The Morgan fingerprint density at radius 1 is 1.47 bits per heavy atom. The van der Waals surface area contributed by atoms with Crippen LogP contribution in [0.15, 0.2) is 30.6 Å². The van der Waals surface area contributed by atoms with Gasteiger partial charge < -0.3 is 15.6 Å². The Morgan fingerprint density at radius 2 is 2.26 bits per heavy atom. The van der Waals surface area contributed by atoms with Crippen LogP contribution in [0.4, 0.5) is 5.69 Å². The highest BCUT2D eigenvalue weighted by atomic mass is 32.1. The van der Waals surface area contributed by atoms with Crippen molar-refractivity contribution in [3.8, 4) is 0 Å². The molecule has 4 nitrogen and oxygen atoms in total. The van der Waals surface area contributed by atoms with E-state index in [1.54, 1.807) is 0 Å². The van der Waals surface area contributed by atoms with E-state index in [-0.39, 0.29) is 0 Å². The largest absolute Gasteiger partial charge is 0.389 e. The lowest BCUT2D eigenvalue weighted by atomic mass is 10.1. The lowest BCUT2D eigenvalue weighted by Gasteiger charge is -2.12. The zero-order valence-electron chi connectivity index (χ0n) is 11.2. The number of nitrogens with one attached hydrogen (secondary N) is 1. The maximum atomic E-state index is 5.73. The van der Waals surface area contributed by atoms with Crippen LogP contribution in [-0.2, 0) is 13.5 Å². The third-order valence-corrected chi connectivity index (χ3v) is 3.25. The number of anilines is 1. The Labute approximate surface area is 118 Å². The number of nitrogens with zero attached hydrogens (tertiary/aromatic N) is 2. The van der Waals surface area contributed by atoms with Gasteiger partial charge in [0.1, 0.15) is 10.8 Å². The summed E-state index contributed by atoms with van der Waals surface area (Å²) in [7, 11) is 2.00. The van der Waals surface area contributed by atoms with Crippen molar-refractivity contribution in [2.45, 2.75) is 13.3 Å². The zero-order valence-corrected chi connectivity index (χ0v) is 12.0. The maximum absolute atomic E-state index is 5.73. The average molecular weight is 274 g/mol. The molecule has 3 N–H and O–H groups in total. The molecule has 2 aromatic rings. The molecule has 1 heterocycles. The van der Waals surface area contributed by atoms with Crippen LogP contribution in [0.3, 0.4) is 0 Å². The molecular weight excluding hydrogens is 256 g/mol. The smallest absolute Gasteiger partial charge is 0.110 e. The second-order valence-corrected chi connectivity index (χ2v) is 4.98. The Balaban J connectivity index is 2.05. The predicted molar refractivity (Wildman–Crippen MR) is 82.5 cm³/mol. The zero-order chi connectivity index (χ0) is 13.8. The molecule has 0 bridgehead atoms. The standard InChI is InChI=1S/C14H18N4S/c1-10-3-4-11(14(15)19)12(9-10)16-6-5-13-17-7-8-18(13)2/h3-4,7-9,16H,5-6H2,1-2H3,(H2,15,19). The minimum absolute atomic E-state index is 0.416. The summed E-state index contributed by atoms with van der Waals surface area (Å²) in [6.45, 7) is 2.84. The fraction of sp³-hybridized carbons (Fsp3) is 0.286. The monoisotopic (exact) mass is 274 g/mol. The molecule has 0 aliphatic carbocycles. The van der Waals surface area contributed by atoms with Crippen LogP contribution >= 0.6 is 12.2 Å². The van der Waals surface area contributed by atoms with Crippen molar-refractivity contribution >= 4 is 22.9 Å². The molecule has 0 aliphatic rings. The third kappa shape index (κ3) is 3.32. The SMILES string of the molecule is Cc1ccc(C(N)=S)c(NCCc2nccn2C)c1. The second-order valence-electron chi connectivity index (χ2n) is 4.54. The average Bonchev–Trinajstić information content (AvgIpc) is 2.75. The Morgan fingerprint density at radius 3 is 2.89 bits per heavy atom. The lowest BCUT2D eigenvalue weighted by Crippen LogP contribution is -2.15. The maximum Gasteiger partial charge on any atom is 0.110 e. The molecule has 0 saturated heterocycles. The number of aromatic nitrogens is 2. The predicted octanol–water partition coefficient (Wildman–Crippen LogP) is 2.02. The van der Waals surface area contributed by atoms with E-state index in [9.17, 15) is 0 Å². The highest BCUT2D eigenvalue weighted by Gasteiger charge is 2.05. The van der Waals surface area contributed by atoms with Crippen LogP contribution < -0.4 is 11.1 Å². The van der Waals surface area contributed by atoms with Gasteiger partial charge in [-0.3, -0.25) is 0 Å². The molecule has 0 amide bonds. The first-order valence-corrected chi connectivity index (χ1v) is 6.59. The first-order valence-electron chi connectivity index (χ1n) is 6.18. The fourth-order valence-corrected chi connectivity index (χ4v) is 2.14. The number of rotatable bonds is 5. The van der Waals surface area contributed by atoms with E-state index in [0.29, 0.717) is 4.99 Å². The summed E-state index contributed by atoms with van der Waals surface area (Å²) in [4.78, 5) is 4.71. The number of hydrogen-bond acceptors (Lipinski definition) is 3. The molecule has 0 spiro atoms. The van der Waals surface area contributed by atoms with Gasteiger partial charge in [0.25, 0.3) is 0 Å². The number of imidazole rings is 1. The van der Waals surface area contributed by atoms with E-state index in [2.05, 4.69) is 16.4 Å². The van der Waals surface area contributed by atoms with Gasteiger partial charge in [-0.1, -0.05) is 18.3 Å². The summed E-state index contributed by atoms with van der Waals surface area (Å²) in [5, 5.41) is 3.38. The Kier molecular flexibility index (Phi) is 4.16. The number of benzene rings is 1. The van der Waals surface area contributed by atoms with Crippen molar-refractivity contribution in [1.82, 2.24) is 9.55 Å². The molecule has 0 aliphatic heterocycles. The lowest BCUT2D eigenvalue weighted by molar-refractivity contribution is 0.789. The third-order valence-electron chi connectivity index (χ3n) is 3.03. The Hall–Kier alpha value is -1.88. The minimum atomic E-state index is 0.416. The number of aryl methyl sites for hydroxylation is 2. The number of hydrogen-bond donors (Lipinski definition) is 2. The van der Waals surface area contributed by atoms with Crippen molar-refractivity contribution < 1.29 is 0 Å². The van der Waals surface area contributed by atoms with Gasteiger partial charge in [-0.25, -0.2) is 4.98 Å². The normalized spacial score (nSPS) is 10.4. The molecule has 19 heavy (non-hydrogen) atoms. The van der Waals surface area contributed by atoms with E-state index in [0.717, 1.165) is 30.0 Å². The van der Waals surface area contributed by atoms with Gasteiger partial charge >= 0.3 is 0 Å². The summed E-state index contributed by atoms with van der Waals surface area (Å²) in [6.07, 6.45) is 4.61. The highest BCUT2D eigenvalue weighted by molar-refractivity contribution is 7.80. The van der Waals surface area contributed by atoms with E-state index in [1.165, 1.54) is 5.56 Å². The van der Waals surface area contributed by atoms with E-state index < -0.39 is 0 Å². The Bertz CT molecular complexity index is 589. The topological polar surface area (TPSA) is 55.9 Å². The summed E-state index contributed by atoms with van der Waals surface area (Å²) in [5.41, 5.74) is 8.79. The molecule has 0 unspecified atom stereocenters. The molecule has 0 radical (unpaired) electrons. The van der Waals surface area contributed by atoms with Crippen molar-refractivity contribution in [2.75, 3.05) is 11.9 Å². The van der Waals surface area contributed by atoms with Gasteiger partial charge in [0.05, 0.1) is 0 Å². The summed E-state index contributed by atoms with van der Waals surface area (Å²) in [5.74, 6) is 1.05. The van der Waals surface area contributed by atoms with Crippen LogP contribution in [0.25, 0.3) is 0 Å². The molecule has 0 fully saturated rings. The molecule has 100 valence electrons. The van der Waals surface area contributed by atoms with Gasteiger partial charge in [0.2, 0.25) is 0 Å². The van der Waals surface area contributed by atoms with Gasteiger partial charge in [0.15, 0.2) is 0 Å². The first-order chi connectivity index (χ1) is 9.08. The second kappa shape index (κ2) is 5.84. The van der Waals surface area contributed by atoms with E-state index in [4.69, 9.17) is 18.0 Å². The van der Waals surface area contributed by atoms with Crippen LogP contribution in [0.2, 0.25) is 0 Å². The van der Waals surface area contributed by atoms with Crippen LogP contribution in [0, 0.1) is 6.92 Å². The molecule has 0 atom stereocenters. The molecular formula is C14H18N4S. The summed E-state index contributed by atoms with van der Waals surface area (Å²) >= 11 is 5.07. The van der Waals surface area contributed by atoms with E-state index in [1.807, 2.05) is 43.1 Å². The van der Waals surface area contributed by atoms with Crippen molar-refractivity contribution in [3.05, 3.63) is 47.5 Å². The molecule has 1 aromatic carbocycles. The molecule has 1 aromatic heterocycles. The van der Waals surface area contributed by atoms with Crippen molar-refractivity contribution in [3.63, 3.8) is 0 Å². The van der Waals surface area contributed by atoms with Crippen LogP contribution in [-0.4, -0.2) is 21.1 Å². The summed E-state index contributed by atoms with van der Waals surface area (Å²) in [6, 6.07) is 6.03. The molecule has 2 rings (SSSR count). The number of nitrogens with two attached hydrogens (primary N) is 1. The summed E-state index contributed by atoms with van der Waals surface area (Å²) < 4.78 is 2.02. The molecule has 5 heteroatoms. The van der Waals surface area contributed by atoms with E-state index >= 15 is 0 Å². The van der Waals surface area contributed by atoms with Gasteiger partial charge in [-0.05, 0) is 24.6 Å². The number of thiocarbonyl (C=S) groups is 1. The van der Waals surface area contributed by atoms with Crippen molar-refractivity contribution in [1.29, 1.82) is 0 Å². The van der Waals surface area contributed by atoms with Gasteiger partial charge in [-0.2, -0.15) is 0 Å². The molecule has 0 saturated carbocycles. The quantitative estimate of drug-likeness (QED) is 0.819. The minimum Gasteiger partial charge on any atom is -0.389 e. The van der Waals surface area contributed by atoms with Crippen molar-refractivity contribution in [2.24, 2.45) is 12.8 Å². The first kappa shape index (κ1) is 13.5. The van der Waals surface area contributed by atoms with Crippen LogP contribution in [0.5, 0.6) is 0 Å². The van der Waals surface area contributed by atoms with Gasteiger partial charge in [-0.15, -0.1) is 0 Å². The van der Waals surface area contributed by atoms with Crippen LogP contribution in [0.1, 0.15) is 17.0 Å². The highest BCUT2D eigenvalue weighted by Crippen LogP contribution is 2.17. The van der Waals surface area contributed by atoms with Gasteiger partial charge in [0, 0.05) is 43.7 Å².